The molecule has 0 N–H and O–H groups in total. The Balaban J connectivity index is 1.69. The van der Waals surface area contributed by atoms with Crippen molar-refractivity contribution in [3.05, 3.63) is 34.4 Å². The molecular weight excluding hydrogens is 306 g/mol. The fourth-order valence-electron chi connectivity index (χ4n) is 4.31. The minimum atomic E-state index is 0.661. The number of likely N-dealkylation sites (tertiary alicyclic amines) is 1. The highest BCUT2D eigenvalue weighted by atomic mass is 15.3. The average molecular weight is 344 g/mol. The first kappa shape index (κ1) is 18.9. The summed E-state index contributed by atoms with van der Waals surface area (Å²) in [5, 5.41) is 0. The smallest absolute Gasteiger partial charge is 0.0237 e. The highest BCUT2D eigenvalue weighted by Crippen LogP contribution is 2.24. The monoisotopic (exact) mass is 343 g/mol. The maximum absolute atomic E-state index is 2.66. The molecule has 140 valence electrons. The van der Waals surface area contributed by atoms with Crippen molar-refractivity contribution < 1.29 is 0 Å². The van der Waals surface area contributed by atoms with Crippen LogP contribution in [0.4, 0.5) is 0 Å². The van der Waals surface area contributed by atoms with E-state index in [1.165, 1.54) is 62.3 Å². The molecule has 25 heavy (non-hydrogen) atoms. The van der Waals surface area contributed by atoms with Crippen LogP contribution in [-0.4, -0.2) is 60.5 Å². The summed E-state index contributed by atoms with van der Waals surface area (Å²) in [5.41, 5.74) is 6.03. The van der Waals surface area contributed by atoms with Gasteiger partial charge in [-0.25, -0.2) is 0 Å². The van der Waals surface area contributed by atoms with Gasteiger partial charge in [0.15, 0.2) is 0 Å². The molecule has 0 radical (unpaired) electrons. The van der Waals surface area contributed by atoms with Crippen LogP contribution in [-0.2, 0) is 13.1 Å². The lowest BCUT2D eigenvalue weighted by Crippen LogP contribution is -2.49. The van der Waals surface area contributed by atoms with Crippen molar-refractivity contribution in [1.29, 1.82) is 0 Å². The van der Waals surface area contributed by atoms with E-state index in [4.69, 9.17) is 0 Å². The first-order chi connectivity index (χ1) is 11.9. The summed E-state index contributed by atoms with van der Waals surface area (Å²) in [5.74, 6) is 0.907. The highest BCUT2D eigenvalue weighted by molar-refractivity contribution is 5.38. The number of hydrogen-bond donors (Lipinski definition) is 0. The van der Waals surface area contributed by atoms with E-state index in [9.17, 15) is 0 Å². The van der Waals surface area contributed by atoms with E-state index >= 15 is 0 Å². The lowest BCUT2D eigenvalue weighted by molar-refractivity contribution is 0.0998. The van der Waals surface area contributed by atoms with Gasteiger partial charge in [-0.3, -0.25) is 9.80 Å². The molecular formula is C22H37N3. The second kappa shape index (κ2) is 8.20. The zero-order chi connectivity index (χ0) is 18.0. The van der Waals surface area contributed by atoms with Gasteiger partial charge < -0.3 is 4.90 Å². The molecule has 1 atom stereocenters. The minimum absolute atomic E-state index is 0.661. The maximum atomic E-state index is 2.66. The van der Waals surface area contributed by atoms with Gasteiger partial charge in [0.2, 0.25) is 0 Å². The number of piperazine rings is 1. The van der Waals surface area contributed by atoms with Gasteiger partial charge in [-0.1, -0.05) is 24.6 Å². The van der Waals surface area contributed by atoms with E-state index in [0.717, 1.165) is 19.0 Å². The van der Waals surface area contributed by atoms with Crippen LogP contribution < -0.4 is 0 Å². The molecule has 0 amide bonds. The van der Waals surface area contributed by atoms with E-state index in [1.807, 2.05) is 0 Å². The Morgan fingerprint density at radius 3 is 2.08 bits per heavy atom. The van der Waals surface area contributed by atoms with Gasteiger partial charge in [-0.15, -0.1) is 0 Å². The number of benzene rings is 1. The van der Waals surface area contributed by atoms with Gasteiger partial charge in [-0.2, -0.15) is 0 Å². The van der Waals surface area contributed by atoms with E-state index < -0.39 is 0 Å². The lowest BCUT2D eigenvalue weighted by Gasteiger charge is -2.38. The number of rotatable bonds is 4. The summed E-state index contributed by atoms with van der Waals surface area (Å²) in [6.45, 7) is 17.7. The maximum Gasteiger partial charge on any atom is 0.0237 e. The molecule has 2 fully saturated rings. The van der Waals surface area contributed by atoms with Crippen LogP contribution in [0.1, 0.15) is 48.9 Å². The van der Waals surface area contributed by atoms with E-state index in [2.05, 4.69) is 61.6 Å². The molecule has 0 saturated carbocycles. The second-order valence-corrected chi connectivity index (χ2v) is 8.73. The van der Waals surface area contributed by atoms with Crippen LogP contribution in [0.15, 0.2) is 12.1 Å². The molecule has 0 spiro atoms. The van der Waals surface area contributed by atoms with Crippen molar-refractivity contribution in [2.75, 3.05) is 39.8 Å². The van der Waals surface area contributed by atoms with Gasteiger partial charge in [0.1, 0.15) is 0 Å². The fourth-order valence-corrected chi connectivity index (χ4v) is 4.31. The Morgan fingerprint density at radius 1 is 0.880 bits per heavy atom. The Labute approximate surface area is 155 Å². The fraction of sp³-hybridized carbons (Fsp3) is 0.727. The van der Waals surface area contributed by atoms with Crippen molar-refractivity contribution in [3.8, 4) is 0 Å². The molecule has 2 heterocycles. The third-order valence-corrected chi connectivity index (χ3v) is 6.48. The SMILES string of the molecule is Cc1cc(CN2CCC(C)CC2)c(C)c(CN2CCN(C)[C@H](C)C2)c1. The summed E-state index contributed by atoms with van der Waals surface area (Å²) in [6, 6.07) is 5.50. The molecule has 0 unspecified atom stereocenters. The van der Waals surface area contributed by atoms with Gasteiger partial charge in [0.05, 0.1) is 0 Å². The number of nitrogens with zero attached hydrogens (tertiary/aromatic N) is 3. The molecule has 2 saturated heterocycles. The zero-order valence-electron chi connectivity index (χ0n) is 17.0. The van der Waals surface area contributed by atoms with Crippen molar-refractivity contribution in [1.82, 2.24) is 14.7 Å². The van der Waals surface area contributed by atoms with Crippen LogP contribution in [0.3, 0.4) is 0 Å². The summed E-state index contributed by atoms with van der Waals surface area (Å²) in [4.78, 5) is 7.77. The Kier molecular flexibility index (Phi) is 6.19. The third kappa shape index (κ3) is 4.84. The summed E-state index contributed by atoms with van der Waals surface area (Å²) < 4.78 is 0. The first-order valence-electron chi connectivity index (χ1n) is 10.2. The molecule has 3 nitrogen and oxygen atoms in total. The Hall–Kier alpha value is -0.900. The zero-order valence-corrected chi connectivity index (χ0v) is 17.0. The largest absolute Gasteiger partial charge is 0.301 e. The average Bonchev–Trinajstić information content (AvgIpc) is 2.57. The number of hydrogen-bond acceptors (Lipinski definition) is 3. The molecule has 1 aromatic rings. The molecule has 0 aliphatic carbocycles. The van der Waals surface area contributed by atoms with Crippen LogP contribution in [0.25, 0.3) is 0 Å². The Bertz CT molecular complexity index is 575. The Morgan fingerprint density at radius 2 is 1.48 bits per heavy atom. The van der Waals surface area contributed by atoms with Crippen LogP contribution in [0, 0.1) is 19.8 Å². The molecule has 3 rings (SSSR count). The van der Waals surface area contributed by atoms with Gasteiger partial charge in [-0.05, 0) is 76.4 Å². The molecule has 3 heteroatoms. The molecule has 2 aliphatic heterocycles. The van der Waals surface area contributed by atoms with E-state index in [-0.39, 0.29) is 0 Å². The summed E-state index contributed by atoms with van der Waals surface area (Å²) in [6.07, 6.45) is 2.72. The quantitative estimate of drug-likeness (QED) is 0.826. The topological polar surface area (TPSA) is 9.72 Å². The van der Waals surface area contributed by atoms with E-state index in [1.54, 1.807) is 5.56 Å². The molecule has 2 aliphatic rings. The van der Waals surface area contributed by atoms with Crippen LogP contribution in [0.2, 0.25) is 0 Å². The molecule has 0 aromatic heterocycles. The standard InChI is InChI=1S/C22H37N3/c1-17-6-8-24(9-7-17)15-21-12-18(2)13-22(20(21)4)16-25-11-10-23(5)19(3)14-25/h12-13,17,19H,6-11,14-16H2,1-5H3/t19-/m1/s1. The van der Waals surface area contributed by atoms with Gasteiger partial charge >= 0.3 is 0 Å². The number of piperidine rings is 1. The van der Waals surface area contributed by atoms with E-state index in [0.29, 0.717) is 6.04 Å². The second-order valence-electron chi connectivity index (χ2n) is 8.73. The molecule has 0 bridgehead atoms. The minimum Gasteiger partial charge on any atom is -0.301 e. The lowest BCUT2D eigenvalue weighted by atomic mass is 9.95. The summed E-state index contributed by atoms with van der Waals surface area (Å²) in [7, 11) is 2.25. The van der Waals surface area contributed by atoms with Crippen LogP contribution in [0.5, 0.6) is 0 Å². The highest BCUT2D eigenvalue weighted by Gasteiger charge is 2.22. The van der Waals surface area contributed by atoms with Gasteiger partial charge in [0, 0.05) is 38.8 Å². The predicted molar refractivity (Wildman–Crippen MR) is 107 cm³/mol. The first-order valence-corrected chi connectivity index (χ1v) is 10.2. The molecule has 1 aromatic carbocycles. The summed E-state index contributed by atoms with van der Waals surface area (Å²) >= 11 is 0. The van der Waals surface area contributed by atoms with Gasteiger partial charge in [0.25, 0.3) is 0 Å². The third-order valence-electron chi connectivity index (χ3n) is 6.48. The van der Waals surface area contributed by atoms with Crippen molar-refractivity contribution in [2.45, 2.75) is 59.7 Å². The van der Waals surface area contributed by atoms with Crippen LogP contribution >= 0.6 is 0 Å². The van der Waals surface area contributed by atoms with Crippen molar-refractivity contribution in [3.63, 3.8) is 0 Å². The van der Waals surface area contributed by atoms with Crippen molar-refractivity contribution >= 4 is 0 Å². The van der Waals surface area contributed by atoms with Crippen molar-refractivity contribution in [2.24, 2.45) is 5.92 Å². The number of aryl methyl sites for hydroxylation is 1. The predicted octanol–water partition coefficient (Wildman–Crippen LogP) is 3.67. The number of likely N-dealkylation sites (N-methyl/N-ethyl adjacent to an activating group) is 1. The normalized spacial score (nSPS) is 24.8.